The van der Waals surface area contributed by atoms with Gasteiger partial charge in [0.15, 0.2) is 5.69 Å². The minimum absolute atomic E-state index is 0.0416. The standard InChI is InChI=1S/C11H18N2O3/c1-3-9(4-2)13(6-7-14)11(15)10-5-8-16-12-10/h5,8-9,14H,3-4,6-7H2,1-2H3. The van der Waals surface area contributed by atoms with Crippen molar-refractivity contribution in [3.05, 3.63) is 18.0 Å². The van der Waals surface area contributed by atoms with E-state index in [2.05, 4.69) is 9.68 Å². The number of hydrogen-bond acceptors (Lipinski definition) is 4. The summed E-state index contributed by atoms with van der Waals surface area (Å²) in [6.45, 7) is 4.33. The lowest BCUT2D eigenvalue weighted by atomic mass is 10.1. The molecule has 16 heavy (non-hydrogen) atoms. The Balaban J connectivity index is 2.80. The average Bonchev–Trinajstić information content (AvgIpc) is 2.82. The van der Waals surface area contributed by atoms with Gasteiger partial charge in [-0.15, -0.1) is 0 Å². The fourth-order valence-corrected chi connectivity index (χ4v) is 1.76. The summed E-state index contributed by atoms with van der Waals surface area (Å²) in [4.78, 5) is 13.7. The molecule has 1 amide bonds. The molecule has 5 heteroatoms. The first kappa shape index (κ1) is 12.7. The largest absolute Gasteiger partial charge is 0.395 e. The quantitative estimate of drug-likeness (QED) is 0.794. The molecule has 0 aliphatic rings. The van der Waals surface area contributed by atoms with Crippen LogP contribution in [-0.2, 0) is 0 Å². The van der Waals surface area contributed by atoms with Crippen LogP contribution in [0.1, 0.15) is 37.2 Å². The van der Waals surface area contributed by atoms with Crippen LogP contribution >= 0.6 is 0 Å². The van der Waals surface area contributed by atoms with Crippen molar-refractivity contribution >= 4 is 5.91 Å². The lowest BCUT2D eigenvalue weighted by Crippen LogP contribution is -2.41. The minimum atomic E-state index is -0.184. The van der Waals surface area contributed by atoms with Crippen molar-refractivity contribution in [3.63, 3.8) is 0 Å². The molecule has 0 bridgehead atoms. The number of carbonyl (C=O) groups excluding carboxylic acids is 1. The van der Waals surface area contributed by atoms with Crippen molar-refractivity contribution < 1.29 is 14.4 Å². The van der Waals surface area contributed by atoms with E-state index < -0.39 is 0 Å². The average molecular weight is 226 g/mol. The van der Waals surface area contributed by atoms with Gasteiger partial charge in [0.05, 0.1) is 6.61 Å². The Morgan fingerprint density at radius 3 is 2.69 bits per heavy atom. The van der Waals surface area contributed by atoms with Crippen LogP contribution < -0.4 is 0 Å². The molecule has 0 radical (unpaired) electrons. The number of nitrogens with zero attached hydrogens (tertiary/aromatic N) is 2. The third-order valence-electron chi connectivity index (χ3n) is 2.64. The molecule has 0 aromatic carbocycles. The number of aromatic nitrogens is 1. The van der Waals surface area contributed by atoms with Gasteiger partial charge in [-0.2, -0.15) is 0 Å². The van der Waals surface area contributed by atoms with Gasteiger partial charge in [-0.3, -0.25) is 4.79 Å². The lowest BCUT2D eigenvalue weighted by molar-refractivity contribution is 0.0612. The Labute approximate surface area is 95.0 Å². The second kappa shape index (κ2) is 6.27. The first-order chi connectivity index (χ1) is 7.74. The zero-order valence-corrected chi connectivity index (χ0v) is 9.72. The molecule has 1 aromatic rings. The monoisotopic (exact) mass is 226 g/mol. The van der Waals surface area contributed by atoms with Gasteiger partial charge in [-0.05, 0) is 12.8 Å². The summed E-state index contributed by atoms with van der Waals surface area (Å²) in [5.41, 5.74) is 0.292. The number of aliphatic hydroxyl groups excluding tert-OH is 1. The Hall–Kier alpha value is -1.36. The van der Waals surface area contributed by atoms with Gasteiger partial charge >= 0.3 is 0 Å². The Kier molecular flexibility index (Phi) is 4.98. The lowest BCUT2D eigenvalue weighted by Gasteiger charge is -2.29. The van der Waals surface area contributed by atoms with Crippen molar-refractivity contribution in [2.75, 3.05) is 13.2 Å². The Morgan fingerprint density at radius 2 is 2.25 bits per heavy atom. The van der Waals surface area contributed by atoms with Gasteiger partial charge in [0.25, 0.3) is 5.91 Å². The number of hydrogen-bond donors (Lipinski definition) is 1. The maximum Gasteiger partial charge on any atom is 0.276 e. The Morgan fingerprint density at radius 1 is 1.56 bits per heavy atom. The summed E-state index contributed by atoms with van der Waals surface area (Å²) >= 11 is 0. The van der Waals surface area contributed by atoms with Crippen LogP contribution in [0.5, 0.6) is 0 Å². The van der Waals surface area contributed by atoms with Crippen LogP contribution in [0, 0.1) is 0 Å². The van der Waals surface area contributed by atoms with Crippen molar-refractivity contribution in [2.24, 2.45) is 0 Å². The second-order valence-electron chi connectivity index (χ2n) is 3.58. The molecular formula is C11H18N2O3. The molecule has 0 atom stereocenters. The van der Waals surface area contributed by atoms with E-state index in [1.165, 1.54) is 12.3 Å². The highest BCUT2D eigenvalue weighted by Crippen LogP contribution is 2.12. The molecule has 1 heterocycles. The van der Waals surface area contributed by atoms with E-state index in [-0.39, 0.29) is 18.6 Å². The van der Waals surface area contributed by atoms with Gasteiger partial charge in [-0.25, -0.2) is 0 Å². The highest BCUT2D eigenvalue weighted by Gasteiger charge is 2.23. The van der Waals surface area contributed by atoms with E-state index in [9.17, 15) is 4.79 Å². The zero-order valence-electron chi connectivity index (χ0n) is 9.72. The fourth-order valence-electron chi connectivity index (χ4n) is 1.76. The summed E-state index contributed by atoms with van der Waals surface area (Å²) in [7, 11) is 0. The summed E-state index contributed by atoms with van der Waals surface area (Å²) in [6, 6.07) is 1.67. The predicted octanol–water partition coefficient (Wildman–Crippen LogP) is 1.30. The van der Waals surface area contributed by atoms with Gasteiger partial charge < -0.3 is 14.5 Å². The minimum Gasteiger partial charge on any atom is -0.395 e. The maximum atomic E-state index is 12.0. The van der Waals surface area contributed by atoms with E-state index in [4.69, 9.17) is 5.11 Å². The van der Waals surface area contributed by atoms with Crippen LogP contribution in [0.4, 0.5) is 0 Å². The van der Waals surface area contributed by atoms with E-state index in [0.29, 0.717) is 12.2 Å². The topological polar surface area (TPSA) is 66.6 Å². The zero-order chi connectivity index (χ0) is 12.0. The molecule has 0 saturated heterocycles. The normalized spacial score (nSPS) is 10.8. The van der Waals surface area contributed by atoms with Crippen molar-refractivity contribution in [1.29, 1.82) is 0 Å². The third-order valence-corrected chi connectivity index (χ3v) is 2.64. The molecular weight excluding hydrogens is 208 g/mol. The molecule has 0 saturated carbocycles. The number of aliphatic hydroxyl groups is 1. The van der Waals surface area contributed by atoms with Crippen molar-refractivity contribution in [1.82, 2.24) is 10.1 Å². The number of carbonyl (C=O) groups is 1. The summed E-state index contributed by atoms with van der Waals surface area (Å²) in [6.07, 6.45) is 3.09. The summed E-state index contributed by atoms with van der Waals surface area (Å²) in [5, 5.41) is 12.6. The third kappa shape index (κ3) is 2.82. The van der Waals surface area contributed by atoms with Crippen LogP contribution in [0.15, 0.2) is 16.9 Å². The van der Waals surface area contributed by atoms with Gasteiger partial charge in [0, 0.05) is 18.7 Å². The Bertz CT molecular complexity index is 307. The molecule has 5 nitrogen and oxygen atoms in total. The first-order valence-corrected chi connectivity index (χ1v) is 5.56. The molecule has 1 rings (SSSR count). The van der Waals surface area contributed by atoms with Crippen LogP contribution in [0.25, 0.3) is 0 Å². The summed E-state index contributed by atoms with van der Waals surface area (Å²) < 4.78 is 4.65. The smallest absolute Gasteiger partial charge is 0.276 e. The second-order valence-corrected chi connectivity index (χ2v) is 3.58. The van der Waals surface area contributed by atoms with Crippen LogP contribution in [-0.4, -0.2) is 40.3 Å². The SMILES string of the molecule is CCC(CC)N(CCO)C(=O)c1ccon1. The molecule has 1 aromatic heterocycles. The molecule has 0 spiro atoms. The predicted molar refractivity (Wildman–Crippen MR) is 59.0 cm³/mol. The highest BCUT2D eigenvalue weighted by molar-refractivity contribution is 5.92. The maximum absolute atomic E-state index is 12.0. The van der Waals surface area contributed by atoms with E-state index in [0.717, 1.165) is 12.8 Å². The fraction of sp³-hybridized carbons (Fsp3) is 0.636. The van der Waals surface area contributed by atoms with Crippen molar-refractivity contribution in [3.8, 4) is 0 Å². The molecule has 0 aliphatic carbocycles. The molecule has 90 valence electrons. The van der Waals surface area contributed by atoms with E-state index in [1.807, 2.05) is 13.8 Å². The van der Waals surface area contributed by atoms with Gasteiger partial charge in [0.2, 0.25) is 0 Å². The molecule has 0 unspecified atom stereocenters. The van der Waals surface area contributed by atoms with Gasteiger partial charge in [0.1, 0.15) is 6.26 Å². The van der Waals surface area contributed by atoms with E-state index in [1.54, 1.807) is 4.90 Å². The van der Waals surface area contributed by atoms with Gasteiger partial charge in [-0.1, -0.05) is 19.0 Å². The molecule has 1 N–H and O–H groups in total. The highest BCUT2D eigenvalue weighted by atomic mass is 16.5. The number of amides is 1. The molecule has 0 aliphatic heterocycles. The first-order valence-electron chi connectivity index (χ1n) is 5.56. The van der Waals surface area contributed by atoms with Crippen LogP contribution in [0.2, 0.25) is 0 Å². The van der Waals surface area contributed by atoms with Crippen LogP contribution in [0.3, 0.4) is 0 Å². The van der Waals surface area contributed by atoms with Crippen molar-refractivity contribution in [2.45, 2.75) is 32.7 Å². The number of rotatable bonds is 6. The van der Waals surface area contributed by atoms with E-state index >= 15 is 0 Å². The molecule has 0 fully saturated rings. The summed E-state index contributed by atoms with van der Waals surface area (Å²) in [5.74, 6) is -0.184.